The molecule has 1 aliphatic rings. The van der Waals surface area contributed by atoms with Gasteiger partial charge in [0, 0.05) is 13.1 Å². The molecule has 1 heterocycles. The fourth-order valence-electron chi connectivity index (χ4n) is 1.90. The minimum Gasteiger partial charge on any atom is -0.478 e. The van der Waals surface area contributed by atoms with E-state index in [1.807, 2.05) is 19.1 Å². The van der Waals surface area contributed by atoms with Crippen molar-refractivity contribution in [3.05, 3.63) is 29.3 Å². The average molecular weight is 221 g/mol. The van der Waals surface area contributed by atoms with Gasteiger partial charge in [-0.1, -0.05) is 11.6 Å². The summed E-state index contributed by atoms with van der Waals surface area (Å²) in [6.45, 7) is 4.72. The molecule has 1 fully saturated rings. The number of ether oxygens (including phenoxy) is 1. The maximum Gasteiger partial charge on any atom is 0.337 e. The normalized spacial score (nSPS) is 16.2. The van der Waals surface area contributed by atoms with E-state index in [0.29, 0.717) is 18.8 Å². The number of aromatic carboxylic acids is 1. The second-order valence-electron chi connectivity index (χ2n) is 3.93. The van der Waals surface area contributed by atoms with Gasteiger partial charge in [0.05, 0.1) is 24.5 Å². The maximum atomic E-state index is 11.2. The van der Waals surface area contributed by atoms with Crippen LogP contribution in [0.25, 0.3) is 0 Å². The van der Waals surface area contributed by atoms with Gasteiger partial charge < -0.3 is 14.7 Å². The molecule has 86 valence electrons. The Bertz CT molecular complexity index is 397. The number of aryl methyl sites for hydroxylation is 1. The molecular formula is C12H15NO3. The zero-order valence-electron chi connectivity index (χ0n) is 9.27. The third kappa shape index (κ3) is 2.17. The van der Waals surface area contributed by atoms with Gasteiger partial charge in [-0.05, 0) is 19.1 Å². The van der Waals surface area contributed by atoms with Crippen LogP contribution in [0.5, 0.6) is 0 Å². The lowest BCUT2D eigenvalue weighted by atomic mass is 10.1. The molecule has 1 aromatic carbocycles. The molecule has 0 amide bonds. The van der Waals surface area contributed by atoms with Gasteiger partial charge >= 0.3 is 5.97 Å². The van der Waals surface area contributed by atoms with E-state index in [1.54, 1.807) is 6.07 Å². The molecule has 0 saturated carbocycles. The van der Waals surface area contributed by atoms with E-state index in [2.05, 4.69) is 4.90 Å². The molecule has 0 atom stereocenters. The number of rotatable bonds is 2. The van der Waals surface area contributed by atoms with E-state index >= 15 is 0 Å². The fraction of sp³-hybridized carbons (Fsp3) is 0.417. The van der Waals surface area contributed by atoms with Crippen molar-refractivity contribution in [2.24, 2.45) is 0 Å². The molecule has 0 bridgehead atoms. The summed E-state index contributed by atoms with van der Waals surface area (Å²) in [5, 5.41) is 9.16. The summed E-state index contributed by atoms with van der Waals surface area (Å²) in [4.78, 5) is 13.2. The fourth-order valence-corrected chi connectivity index (χ4v) is 1.90. The van der Waals surface area contributed by atoms with Crippen molar-refractivity contribution in [1.29, 1.82) is 0 Å². The van der Waals surface area contributed by atoms with E-state index in [4.69, 9.17) is 9.84 Å². The van der Waals surface area contributed by atoms with Gasteiger partial charge in [-0.2, -0.15) is 0 Å². The molecule has 1 aromatic rings. The standard InChI is InChI=1S/C12H15NO3/c1-9-2-3-11(10(8-9)12(14)15)13-4-6-16-7-5-13/h2-3,8H,4-7H2,1H3,(H,14,15). The van der Waals surface area contributed by atoms with E-state index < -0.39 is 5.97 Å². The van der Waals surface area contributed by atoms with Crippen molar-refractivity contribution in [3.8, 4) is 0 Å². The van der Waals surface area contributed by atoms with Crippen LogP contribution in [0.2, 0.25) is 0 Å². The molecule has 16 heavy (non-hydrogen) atoms. The molecule has 0 unspecified atom stereocenters. The molecular weight excluding hydrogens is 206 g/mol. The van der Waals surface area contributed by atoms with Crippen LogP contribution in [-0.4, -0.2) is 37.4 Å². The van der Waals surface area contributed by atoms with E-state index in [-0.39, 0.29) is 0 Å². The summed E-state index contributed by atoms with van der Waals surface area (Å²) >= 11 is 0. The number of nitrogens with zero attached hydrogens (tertiary/aromatic N) is 1. The average Bonchev–Trinajstić information content (AvgIpc) is 2.30. The first-order chi connectivity index (χ1) is 7.68. The minimum atomic E-state index is -0.870. The smallest absolute Gasteiger partial charge is 0.337 e. The SMILES string of the molecule is Cc1ccc(N2CCOCC2)c(C(=O)O)c1. The molecule has 4 nitrogen and oxygen atoms in total. The maximum absolute atomic E-state index is 11.2. The van der Waals surface area contributed by atoms with Crippen molar-refractivity contribution in [2.45, 2.75) is 6.92 Å². The quantitative estimate of drug-likeness (QED) is 0.822. The van der Waals surface area contributed by atoms with Crippen molar-refractivity contribution in [3.63, 3.8) is 0 Å². The van der Waals surface area contributed by atoms with Crippen LogP contribution in [0.1, 0.15) is 15.9 Å². The van der Waals surface area contributed by atoms with E-state index in [0.717, 1.165) is 24.3 Å². The third-order valence-corrected chi connectivity index (χ3v) is 2.73. The predicted molar refractivity (Wildman–Crippen MR) is 61.2 cm³/mol. The summed E-state index contributed by atoms with van der Waals surface area (Å²) in [6, 6.07) is 5.54. The van der Waals surface area contributed by atoms with Gasteiger partial charge in [0.2, 0.25) is 0 Å². The van der Waals surface area contributed by atoms with E-state index in [9.17, 15) is 4.79 Å². The summed E-state index contributed by atoms with van der Waals surface area (Å²) in [5.41, 5.74) is 2.14. The molecule has 0 radical (unpaired) electrons. The Kier molecular flexibility index (Phi) is 3.10. The lowest BCUT2D eigenvalue weighted by molar-refractivity contribution is 0.0696. The number of benzene rings is 1. The van der Waals surface area contributed by atoms with Gasteiger partial charge in [0.25, 0.3) is 0 Å². The Morgan fingerprint density at radius 1 is 1.38 bits per heavy atom. The van der Waals surface area contributed by atoms with Crippen LogP contribution in [0.3, 0.4) is 0 Å². The molecule has 0 aromatic heterocycles. The van der Waals surface area contributed by atoms with E-state index in [1.165, 1.54) is 0 Å². The lowest BCUT2D eigenvalue weighted by Crippen LogP contribution is -2.37. The van der Waals surface area contributed by atoms with Crippen LogP contribution < -0.4 is 4.90 Å². The molecule has 1 saturated heterocycles. The van der Waals surface area contributed by atoms with Crippen molar-refractivity contribution in [2.75, 3.05) is 31.2 Å². The zero-order valence-corrected chi connectivity index (χ0v) is 9.27. The van der Waals surface area contributed by atoms with Gasteiger partial charge in [-0.25, -0.2) is 4.79 Å². The number of hydrogen-bond acceptors (Lipinski definition) is 3. The topological polar surface area (TPSA) is 49.8 Å². The van der Waals surface area contributed by atoms with Gasteiger partial charge in [0.15, 0.2) is 0 Å². The second kappa shape index (κ2) is 4.53. The Morgan fingerprint density at radius 2 is 2.06 bits per heavy atom. The third-order valence-electron chi connectivity index (χ3n) is 2.73. The molecule has 4 heteroatoms. The highest BCUT2D eigenvalue weighted by molar-refractivity contribution is 5.94. The highest BCUT2D eigenvalue weighted by Gasteiger charge is 2.18. The van der Waals surface area contributed by atoms with Crippen LogP contribution in [-0.2, 0) is 4.74 Å². The summed E-state index contributed by atoms with van der Waals surface area (Å²) in [7, 11) is 0. The Labute approximate surface area is 94.4 Å². The van der Waals surface area contributed by atoms with Gasteiger partial charge in [-0.15, -0.1) is 0 Å². The van der Waals surface area contributed by atoms with Crippen molar-refractivity contribution >= 4 is 11.7 Å². The Morgan fingerprint density at radius 3 is 2.69 bits per heavy atom. The zero-order chi connectivity index (χ0) is 11.5. The molecule has 1 aliphatic heterocycles. The predicted octanol–water partition coefficient (Wildman–Crippen LogP) is 1.53. The van der Waals surface area contributed by atoms with Gasteiger partial charge in [0.1, 0.15) is 0 Å². The molecule has 1 N–H and O–H groups in total. The summed E-state index contributed by atoms with van der Waals surface area (Å²) in [5.74, 6) is -0.870. The number of carbonyl (C=O) groups is 1. The van der Waals surface area contributed by atoms with Crippen LogP contribution in [0, 0.1) is 6.92 Å². The number of carboxylic acid groups (broad SMARTS) is 1. The molecule has 2 rings (SSSR count). The van der Waals surface area contributed by atoms with Crippen LogP contribution >= 0.6 is 0 Å². The second-order valence-corrected chi connectivity index (χ2v) is 3.93. The van der Waals surface area contributed by atoms with Crippen molar-refractivity contribution in [1.82, 2.24) is 0 Å². The number of hydrogen-bond donors (Lipinski definition) is 1. The highest BCUT2D eigenvalue weighted by Crippen LogP contribution is 2.22. The Hall–Kier alpha value is -1.55. The lowest BCUT2D eigenvalue weighted by Gasteiger charge is -2.30. The molecule has 0 aliphatic carbocycles. The highest BCUT2D eigenvalue weighted by atomic mass is 16.5. The number of carboxylic acids is 1. The first-order valence-corrected chi connectivity index (χ1v) is 5.35. The summed E-state index contributed by atoms with van der Waals surface area (Å²) in [6.07, 6.45) is 0. The van der Waals surface area contributed by atoms with Crippen LogP contribution in [0.4, 0.5) is 5.69 Å². The first kappa shape index (κ1) is 11.0. The number of morpholine rings is 1. The monoisotopic (exact) mass is 221 g/mol. The Balaban J connectivity index is 2.34. The largest absolute Gasteiger partial charge is 0.478 e. The van der Waals surface area contributed by atoms with Crippen molar-refractivity contribution < 1.29 is 14.6 Å². The van der Waals surface area contributed by atoms with Crippen LogP contribution in [0.15, 0.2) is 18.2 Å². The first-order valence-electron chi connectivity index (χ1n) is 5.35. The minimum absolute atomic E-state index is 0.377. The molecule has 0 spiro atoms. The summed E-state index contributed by atoms with van der Waals surface area (Å²) < 4.78 is 5.26. The van der Waals surface area contributed by atoms with Gasteiger partial charge in [-0.3, -0.25) is 0 Å². The number of anilines is 1.